The number of rotatable bonds is 2. The minimum Gasteiger partial charge on any atom is -0.299 e. The van der Waals surface area contributed by atoms with Crippen molar-refractivity contribution in [2.24, 2.45) is 5.92 Å². The molecular formula is C13H16BrNO. The highest BCUT2D eigenvalue weighted by molar-refractivity contribution is 9.10. The summed E-state index contributed by atoms with van der Waals surface area (Å²) in [6, 6.07) is 8.36. The molecule has 0 aliphatic carbocycles. The predicted molar refractivity (Wildman–Crippen MR) is 68.2 cm³/mol. The summed E-state index contributed by atoms with van der Waals surface area (Å²) in [4.78, 5) is 13.8. The molecule has 1 heterocycles. The number of benzene rings is 1. The third-order valence-corrected chi connectivity index (χ3v) is 3.54. The molecule has 0 saturated carbocycles. The third kappa shape index (κ3) is 2.92. The van der Waals surface area contributed by atoms with Crippen molar-refractivity contribution in [1.29, 1.82) is 0 Å². The second-order valence-corrected chi connectivity index (χ2v) is 5.40. The van der Waals surface area contributed by atoms with Gasteiger partial charge >= 0.3 is 0 Å². The Morgan fingerprint density at radius 2 is 2.31 bits per heavy atom. The van der Waals surface area contributed by atoms with Crippen molar-refractivity contribution in [2.45, 2.75) is 19.9 Å². The van der Waals surface area contributed by atoms with Crippen LogP contribution in [0, 0.1) is 5.92 Å². The van der Waals surface area contributed by atoms with Crippen LogP contribution >= 0.6 is 15.9 Å². The number of Topliss-reactive ketones (excluding diaryl/α,β-unsaturated/α-hetero) is 1. The van der Waals surface area contributed by atoms with Gasteiger partial charge in [-0.2, -0.15) is 0 Å². The summed E-state index contributed by atoms with van der Waals surface area (Å²) in [6.07, 6.45) is 0.704. The summed E-state index contributed by atoms with van der Waals surface area (Å²) in [5, 5.41) is 0. The standard InChI is InChI=1S/C13H16BrNO/c1-10-8-15(6-5-13(10)16)9-11-3-2-4-12(14)7-11/h2-4,7,10H,5-6,8-9H2,1H3. The molecule has 16 heavy (non-hydrogen) atoms. The highest BCUT2D eigenvalue weighted by Crippen LogP contribution is 2.17. The fourth-order valence-electron chi connectivity index (χ4n) is 2.13. The van der Waals surface area contributed by atoms with Crippen LogP contribution in [-0.4, -0.2) is 23.8 Å². The van der Waals surface area contributed by atoms with E-state index in [1.807, 2.05) is 13.0 Å². The maximum Gasteiger partial charge on any atom is 0.138 e. The summed E-state index contributed by atoms with van der Waals surface area (Å²) in [7, 11) is 0. The molecule has 1 saturated heterocycles. The summed E-state index contributed by atoms with van der Waals surface area (Å²) in [6.45, 7) is 4.76. The average molecular weight is 282 g/mol. The molecule has 1 aromatic carbocycles. The van der Waals surface area contributed by atoms with E-state index < -0.39 is 0 Å². The second-order valence-electron chi connectivity index (χ2n) is 4.48. The molecule has 1 aliphatic heterocycles. The molecule has 1 atom stereocenters. The zero-order valence-electron chi connectivity index (χ0n) is 9.45. The Hall–Kier alpha value is -0.670. The van der Waals surface area contributed by atoms with Crippen molar-refractivity contribution in [3.63, 3.8) is 0 Å². The molecule has 2 nitrogen and oxygen atoms in total. The first-order valence-corrected chi connectivity index (χ1v) is 6.44. The van der Waals surface area contributed by atoms with Crippen LogP contribution in [0.25, 0.3) is 0 Å². The lowest BCUT2D eigenvalue weighted by atomic mass is 9.98. The highest BCUT2D eigenvalue weighted by atomic mass is 79.9. The first kappa shape index (κ1) is 11.8. The van der Waals surface area contributed by atoms with Crippen molar-refractivity contribution in [3.05, 3.63) is 34.3 Å². The van der Waals surface area contributed by atoms with E-state index in [0.29, 0.717) is 12.2 Å². The minimum absolute atomic E-state index is 0.195. The van der Waals surface area contributed by atoms with Crippen LogP contribution in [0.5, 0.6) is 0 Å². The molecule has 2 rings (SSSR count). The highest BCUT2D eigenvalue weighted by Gasteiger charge is 2.23. The van der Waals surface area contributed by atoms with Gasteiger partial charge < -0.3 is 0 Å². The quantitative estimate of drug-likeness (QED) is 0.831. The van der Waals surface area contributed by atoms with Crippen LogP contribution in [0.3, 0.4) is 0 Å². The third-order valence-electron chi connectivity index (χ3n) is 3.05. The van der Waals surface area contributed by atoms with E-state index in [4.69, 9.17) is 0 Å². The van der Waals surface area contributed by atoms with E-state index in [-0.39, 0.29) is 5.92 Å². The Bertz CT molecular complexity index is 391. The van der Waals surface area contributed by atoms with Gasteiger partial charge in [0, 0.05) is 36.4 Å². The number of hydrogen-bond acceptors (Lipinski definition) is 2. The molecule has 3 heteroatoms. The van der Waals surface area contributed by atoms with Gasteiger partial charge in [0.2, 0.25) is 0 Å². The molecule has 0 radical (unpaired) electrons. The van der Waals surface area contributed by atoms with Crippen LogP contribution in [0.15, 0.2) is 28.7 Å². The van der Waals surface area contributed by atoms with Gasteiger partial charge in [-0.25, -0.2) is 0 Å². The van der Waals surface area contributed by atoms with Gasteiger partial charge in [0.15, 0.2) is 0 Å². The molecule has 0 bridgehead atoms. The molecule has 86 valence electrons. The Morgan fingerprint density at radius 1 is 1.50 bits per heavy atom. The van der Waals surface area contributed by atoms with Gasteiger partial charge in [0.05, 0.1) is 0 Å². The average Bonchev–Trinajstić information content (AvgIpc) is 2.24. The first-order chi connectivity index (χ1) is 7.65. The normalized spacial score (nSPS) is 22.4. The number of hydrogen-bond donors (Lipinski definition) is 0. The van der Waals surface area contributed by atoms with Crippen LogP contribution in [0.4, 0.5) is 0 Å². The second kappa shape index (κ2) is 5.11. The lowest BCUT2D eigenvalue weighted by molar-refractivity contribution is -0.125. The Balaban J connectivity index is 1.98. The maximum absolute atomic E-state index is 11.4. The summed E-state index contributed by atoms with van der Waals surface area (Å²) in [5.41, 5.74) is 1.30. The van der Waals surface area contributed by atoms with Crippen LogP contribution in [0.2, 0.25) is 0 Å². The topological polar surface area (TPSA) is 20.3 Å². The van der Waals surface area contributed by atoms with Crippen LogP contribution < -0.4 is 0 Å². The predicted octanol–water partition coefficient (Wildman–Crippen LogP) is 2.86. The van der Waals surface area contributed by atoms with Crippen molar-refractivity contribution < 1.29 is 4.79 Å². The number of nitrogens with zero attached hydrogens (tertiary/aromatic N) is 1. The van der Waals surface area contributed by atoms with Gasteiger partial charge in [-0.05, 0) is 17.7 Å². The lowest BCUT2D eigenvalue weighted by Crippen LogP contribution is -2.38. The Kier molecular flexibility index (Phi) is 3.77. The number of piperidine rings is 1. The van der Waals surface area contributed by atoms with Gasteiger partial charge in [-0.3, -0.25) is 9.69 Å². The van der Waals surface area contributed by atoms with E-state index in [2.05, 4.69) is 39.0 Å². The number of halogens is 1. The molecule has 0 aromatic heterocycles. The summed E-state index contributed by atoms with van der Waals surface area (Å²) in [5.74, 6) is 0.603. The van der Waals surface area contributed by atoms with Gasteiger partial charge in [0.1, 0.15) is 5.78 Å². The van der Waals surface area contributed by atoms with E-state index in [1.54, 1.807) is 0 Å². The molecule has 1 aliphatic rings. The van der Waals surface area contributed by atoms with Crippen molar-refractivity contribution >= 4 is 21.7 Å². The van der Waals surface area contributed by atoms with Gasteiger partial charge in [-0.15, -0.1) is 0 Å². The fraction of sp³-hybridized carbons (Fsp3) is 0.462. The van der Waals surface area contributed by atoms with Crippen molar-refractivity contribution in [2.75, 3.05) is 13.1 Å². The zero-order valence-corrected chi connectivity index (χ0v) is 11.0. The molecule has 1 aromatic rings. The van der Waals surface area contributed by atoms with Gasteiger partial charge in [-0.1, -0.05) is 35.0 Å². The molecule has 0 spiro atoms. The van der Waals surface area contributed by atoms with E-state index in [0.717, 1.165) is 24.1 Å². The van der Waals surface area contributed by atoms with Crippen LogP contribution in [0.1, 0.15) is 18.9 Å². The molecule has 1 unspecified atom stereocenters. The molecule has 0 amide bonds. The van der Waals surface area contributed by atoms with E-state index >= 15 is 0 Å². The summed E-state index contributed by atoms with van der Waals surface area (Å²) >= 11 is 3.48. The number of ketones is 1. The number of carbonyl (C=O) groups is 1. The minimum atomic E-state index is 0.195. The van der Waals surface area contributed by atoms with Crippen LogP contribution in [-0.2, 0) is 11.3 Å². The number of likely N-dealkylation sites (tertiary alicyclic amines) is 1. The van der Waals surface area contributed by atoms with Gasteiger partial charge in [0.25, 0.3) is 0 Å². The Morgan fingerprint density at radius 3 is 3.00 bits per heavy atom. The van der Waals surface area contributed by atoms with Crippen molar-refractivity contribution in [3.8, 4) is 0 Å². The number of carbonyl (C=O) groups excluding carboxylic acids is 1. The van der Waals surface area contributed by atoms with Crippen molar-refractivity contribution in [1.82, 2.24) is 4.90 Å². The SMILES string of the molecule is CC1CN(Cc2cccc(Br)c2)CCC1=O. The largest absolute Gasteiger partial charge is 0.299 e. The first-order valence-electron chi connectivity index (χ1n) is 5.64. The zero-order chi connectivity index (χ0) is 11.5. The smallest absolute Gasteiger partial charge is 0.138 e. The molecule has 1 fully saturated rings. The molecule has 0 N–H and O–H groups in total. The fourth-order valence-corrected chi connectivity index (χ4v) is 2.58. The van der Waals surface area contributed by atoms with E-state index in [9.17, 15) is 4.79 Å². The summed E-state index contributed by atoms with van der Waals surface area (Å²) < 4.78 is 1.12. The molecular weight excluding hydrogens is 266 g/mol. The lowest BCUT2D eigenvalue weighted by Gasteiger charge is -2.29. The Labute approximate surface area is 105 Å². The monoisotopic (exact) mass is 281 g/mol. The maximum atomic E-state index is 11.4. The van der Waals surface area contributed by atoms with E-state index in [1.165, 1.54) is 5.56 Å².